The second-order valence-electron chi connectivity index (χ2n) is 6.82. The molecule has 2 rings (SSSR count). The van der Waals surface area contributed by atoms with E-state index < -0.39 is 0 Å². The average Bonchev–Trinajstić information content (AvgIpc) is 3.05. The lowest BCUT2D eigenvalue weighted by molar-refractivity contribution is 0.170. The Balaban J connectivity index is 1.97. The quantitative estimate of drug-likeness (QED) is 0.724. The van der Waals surface area contributed by atoms with E-state index in [1.54, 1.807) is 11.3 Å². The Hall–Kier alpha value is -2.08. The molecule has 1 atom stereocenters. The van der Waals surface area contributed by atoms with Crippen molar-refractivity contribution in [3.8, 4) is 5.75 Å². The number of aromatic nitrogens is 1. The van der Waals surface area contributed by atoms with E-state index in [1.807, 2.05) is 48.4 Å². The summed E-state index contributed by atoms with van der Waals surface area (Å²) in [6.45, 7) is 11.1. The molecule has 0 bridgehead atoms. The number of urea groups is 1. The van der Waals surface area contributed by atoms with Crippen LogP contribution in [0.2, 0.25) is 0 Å². The normalized spacial score (nSPS) is 12.1. The highest BCUT2D eigenvalue weighted by molar-refractivity contribution is 7.09. The van der Waals surface area contributed by atoms with Gasteiger partial charge in [0.15, 0.2) is 0 Å². The summed E-state index contributed by atoms with van der Waals surface area (Å²) in [6.07, 6.45) is 0.902. The van der Waals surface area contributed by atoms with Gasteiger partial charge in [0, 0.05) is 17.5 Å². The van der Waals surface area contributed by atoms with E-state index in [2.05, 4.69) is 31.1 Å². The molecule has 0 aliphatic rings. The third kappa shape index (κ3) is 6.02. The van der Waals surface area contributed by atoms with E-state index in [0.29, 0.717) is 13.2 Å². The van der Waals surface area contributed by atoms with E-state index >= 15 is 0 Å². The van der Waals surface area contributed by atoms with Crippen molar-refractivity contribution in [3.05, 3.63) is 45.9 Å². The van der Waals surface area contributed by atoms with Gasteiger partial charge in [-0.1, -0.05) is 24.6 Å². The summed E-state index contributed by atoms with van der Waals surface area (Å²) in [5.74, 6) is 0.838. The van der Waals surface area contributed by atoms with Crippen LogP contribution in [-0.2, 0) is 13.2 Å². The van der Waals surface area contributed by atoms with Gasteiger partial charge >= 0.3 is 6.03 Å². The molecule has 142 valence electrons. The molecule has 0 aliphatic carbocycles. The predicted molar refractivity (Wildman–Crippen MR) is 107 cm³/mol. The number of hydrogen-bond acceptors (Lipinski definition) is 4. The van der Waals surface area contributed by atoms with Crippen LogP contribution in [0.25, 0.3) is 0 Å². The summed E-state index contributed by atoms with van der Waals surface area (Å²) in [5, 5.41) is 5.89. The lowest BCUT2D eigenvalue weighted by Gasteiger charge is -2.29. The maximum atomic E-state index is 12.5. The highest BCUT2D eigenvalue weighted by Gasteiger charge is 2.21. The van der Waals surface area contributed by atoms with Crippen LogP contribution < -0.4 is 10.1 Å². The zero-order valence-electron chi connectivity index (χ0n) is 16.3. The Kier molecular flexibility index (Phi) is 7.45. The molecule has 0 fully saturated rings. The van der Waals surface area contributed by atoms with E-state index in [-0.39, 0.29) is 18.1 Å². The Labute approximate surface area is 160 Å². The lowest BCUT2D eigenvalue weighted by atomic mass is 10.2. The summed E-state index contributed by atoms with van der Waals surface area (Å²) in [5.41, 5.74) is 2.11. The Bertz CT molecular complexity index is 697. The summed E-state index contributed by atoms with van der Waals surface area (Å²) in [4.78, 5) is 18.9. The van der Waals surface area contributed by atoms with Crippen LogP contribution in [0, 0.1) is 6.92 Å². The molecular formula is C20H29N3O2S. The average molecular weight is 376 g/mol. The first-order chi connectivity index (χ1) is 12.4. The molecule has 0 saturated heterocycles. The molecule has 0 radical (unpaired) electrons. The number of aryl methyl sites for hydroxylation is 1. The number of amides is 2. The number of benzene rings is 1. The third-order valence-corrected chi connectivity index (χ3v) is 4.98. The number of carbonyl (C=O) groups excluding carboxylic acids is 1. The number of thiazole rings is 1. The fourth-order valence-corrected chi connectivity index (χ4v) is 3.12. The van der Waals surface area contributed by atoms with Gasteiger partial charge in [0.25, 0.3) is 0 Å². The number of rotatable bonds is 8. The molecule has 2 amide bonds. The summed E-state index contributed by atoms with van der Waals surface area (Å²) < 4.78 is 5.79. The molecule has 26 heavy (non-hydrogen) atoms. The molecule has 0 saturated carbocycles. The van der Waals surface area contributed by atoms with Gasteiger partial charge in [-0.25, -0.2) is 9.78 Å². The van der Waals surface area contributed by atoms with Crippen molar-refractivity contribution in [2.24, 2.45) is 0 Å². The fourth-order valence-electron chi connectivity index (χ4n) is 2.42. The summed E-state index contributed by atoms with van der Waals surface area (Å²) in [7, 11) is 0. The predicted octanol–water partition coefficient (Wildman–Crippen LogP) is 4.75. The molecule has 2 aromatic rings. The SMILES string of the molecule is CCC(C)N(Cc1csc(COc2ccc(C)cc2)n1)C(=O)NC(C)C. The van der Waals surface area contributed by atoms with E-state index in [1.165, 1.54) is 5.56 Å². The van der Waals surface area contributed by atoms with Crippen molar-refractivity contribution in [2.45, 2.75) is 66.3 Å². The molecule has 1 unspecified atom stereocenters. The fraction of sp³-hybridized carbons (Fsp3) is 0.500. The number of nitrogens with zero attached hydrogens (tertiary/aromatic N) is 2. The van der Waals surface area contributed by atoms with Crippen LogP contribution in [0.4, 0.5) is 4.79 Å². The Morgan fingerprint density at radius 1 is 1.27 bits per heavy atom. The van der Waals surface area contributed by atoms with Crippen molar-refractivity contribution in [1.29, 1.82) is 0 Å². The molecule has 0 spiro atoms. The van der Waals surface area contributed by atoms with Gasteiger partial charge in [-0.15, -0.1) is 11.3 Å². The highest BCUT2D eigenvalue weighted by Crippen LogP contribution is 2.18. The standard InChI is InChI=1S/C20H29N3O2S/c1-6-16(5)23(20(24)21-14(2)3)11-17-13-26-19(22-17)12-25-18-9-7-15(4)8-10-18/h7-10,13-14,16H,6,11-12H2,1-5H3,(H,21,24). The second-order valence-corrected chi connectivity index (χ2v) is 7.77. The highest BCUT2D eigenvalue weighted by atomic mass is 32.1. The Morgan fingerprint density at radius 3 is 2.58 bits per heavy atom. The van der Waals surface area contributed by atoms with Crippen molar-refractivity contribution in [2.75, 3.05) is 0 Å². The molecular weight excluding hydrogens is 346 g/mol. The van der Waals surface area contributed by atoms with Crippen LogP contribution >= 0.6 is 11.3 Å². The van der Waals surface area contributed by atoms with Crippen LogP contribution in [0.3, 0.4) is 0 Å². The van der Waals surface area contributed by atoms with E-state index in [9.17, 15) is 4.79 Å². The Morgan fingerprint density at radius 2 is 1.96 bits per heavy atom. The largest absolute Gasteiger partial charge is 0.486 e. The van der Waals surface area contributed by atoms with Gasteiger partial charge in [0.2, 0.25) is 0 Å². The van der Waals surface area contributed by atoms with Crippen molar-refractivity contribution < 1.29 is 9.53 Å². The van der Waals surface area contributed by atoms with Gasteiger partial charge in [-0.3, -0.25) is 0 Å². The van der Waals surface area contributed by atoms with Crippen LogP contribution in [0.5, 0.6) is 5.75 Å². The van der Waals surface area contributed by atoms with E-state index in [4.69, 9.17) is 4.74 Å². The topological polar surface area (TPSA) is 54.5 Å². The molecule has 1 aromatic carbocycles. The third-order valence-electron chi connectivity index (χ3n) is 4.11. The molecule has 1 N–H and O–H groups in total. The van der Waals surface area contributed by atoms with Crippen molar-refractivity contribution in [1.82, 2.24) is 15.2 Å². The minimum Gasteiger partial charge on any atom is -0.486 e. The molecule has 1 aromatic heterocycles. The van der Waals surface area contributed by atoms with Crippen LogP contribution in [0.15, 0.2) is 29.6 Å². The second kappa shape index (κ2) is 9.57. The minimum absolute atomic E-state index is 0.0418. The first-order valence-electron chi connectivity index (χ1n) is 9.09. The minimum atomic E-state index is -0.0418. The monoisotopic (exact) mass is 375 g/mol. The lowest BCUT2D eigenvalue weighted by Crippen LogP contribution is -2.46. The zero-order valence-corrected chi connectivity index (χ0v) is 17.1. The molecule has 0 aliphatic heterocycles. The zero-order chi connectivity index (χ0) is 19.1. The van der Waals surface area contributed by atoms with Gasteiger partial charge in [0.1, 0.15) is 17.4 Å². The van der Waals surface area contributed by atoms with Gasteiger partial charge < -0.3 is 15.0 Å². The van der Waals surface area contributed by atoms with Gasteiger partial charge in [0.05, 0.1) is 12.2 Å². The van der Waals surface area contributed by atoms with E-state index in [0.717, 1.165) is 22.9 Å². The summed E-state index contributed by atoms with van der Waals surface area (Å²) >= 11 is 1.56. The molecule has 1 heterocycles. The van der Waals surface area contributed by atoms with Crippen molar-refractivity contribution >= 4 is 17.4 Å². The first kappa shape index (κ1) is 20.2. The van der Waals surface area contributed by atoms with Crippen LogP contribution in [0.1, 0.15) is 50.4 Å². The van der Waals surface area contributed by atoms with Gasteiger partial charge in [-0.05, 0) is 46.2 Å². The molecule has 6 heteroatoms. The van der Waals surface area contributed by atoms with Crippen molar-refractivity contribution in [3.63, 3.8) is 0 Å². The number of ether oxygens (including phenoxy) is 1. The number of carbonyl (C=O) groups is 1. The maximum Gasteiger partial charge on any atom is 0.318 e. The first-order valence-corrected chi connectivity index (χ1v) is 9.96. The van der Waals surface area contributed by atoms with Crippen LogP contribution in [-0.4, -0.2) is 28.0 Å². The number of nitrogens with one attached hydrogen (secondary N) is 1. The number of hydrogen-bond donors (Lipinski definition) is 1. The maximum absolute atomic E-state index is 12.5. The summed E-state index contributed by atoms with van der Waals surface area (Å²) in [6, 6.07) is 8.21. The molecule has 5 nitrogen and oxygen atoms in total. The van der Waals surface area contributed by atoms with Gasteiger partial charge in [-0.2, -0.15) is 0 Å². The smallest absolute Gasteiger partial charge is 0.318 e.